The lowest BCUT2D eigenvalue weighted by molar-refractivity contribution is -0.127. The maximum Gasteiger partial charge on any atom is 0.261 e. The highest BCUT2D eigenvalue weighted by Gasteiger charge is 2.14. The highest BCUT2D eigenvalue weighted by molar-refractivity contribution is 6.30. The normalized spacial score (nSPS) is 11.5. The number of ether oxygens (including phenoxy) is 3. The van der Waals surface area contributed by atoms with E-state index in [1.54, 1.807) is 51.5 Å². The molecule has 1 atom stereocenters. The molecule has 0 unspecified atom stereocenters. The molecular formula is C18H20ClNO4. The van der Waals surface area contributed by atoms with Crippen molar-refractivity contribution in [2.75, 3.05) is 14.2 Å². The Morgan fingerprint density at radius 1 is 1.08 bits per heavy atom. The van der Waals surface area contributed by atoms with Gasteiger partial charge in [-0.25, -0.2) is 0 Å². The third kappa shape index (κ3) is 4.80. The predicted molar refractivity (Wildman–Crippen MR) is 92.9 cm³/mol. The van der Waals surface area contributed by atoms with Gasteiger partial charge >= 0.3 is 0 Å². The van der Waals surface area contributed by atoms with E-state index in [-0.39, 0.29) is 5.91 Å². The number of rotatable bonds is 7. The topological polar surface area (TPSA) is 56.8 Å². The Hall–Kier alpha value is -2.40. The lowest BCUT2D eigenvalue weighted by Gasteiger charge is -2.15. The molecule has 0 aliphatic rings. The number of halogens is 1. The molecule has 24 heavy (non-hydrogen) atoms. The number of benzene rings is 2. The molecule has 0 aromatic heterocycles. The van der Waals surface area contributed by atoms with E-state index < -0.39 is 6.10 Å². The molecule has 0 aliphatic carbocycles. The van der Waals surface area contributed by atoms with Crippen LogP contribution in [-0.4, -0.2) is 26.2 Å². The SMILES string of the molecule is COc1ccc(CNC(=O)[C@H](C)Oc2ccc(Cl)cc2)cc1OC. The van der Waals surface area contributed by atoms with Crippen molar-refractivity contribution >= 4 is 17.5 Å². The molecule has 0 aliphatic heterocycles. The summed E-state index contributed by atoms with van der Waals surface area (Å²) in [4.78, 5) is 12.1. The minimum Gasteiger partial charge on any atom is -0.493 e. The van der Waals surface area contributed by atoms with Crippen LogP contribution in [0, 0.1) is 0 Å². The van der Waals surface area contributed by atoms with Crippen molar-refractivity contribution in [3.63, 3.8) is 0 Å². The summed E-state index contributed by atoms with van der Waals surface area (Å²) in [5, 5.41) is 3.45. The number of nitrogens with one attached hydrogen (secondary N) is 1. The third-order valence-corrected chi connectivity index (χ3v) is 3.66. The summed E-state index contributed by atoms with van der Waals surface area (Å²) in [5.74, 6) is 1.65. The lowest BCUT2D eigenvalue weighted by Crippen LogP contribution is -2.35. The van der Waals surface area contributed by atoms with Crippen molar-refractivity contribution in [2.24, 2.45) is 0 Å². The zero-order valence-corrected chi connectivity index (χ0v) is 14.6. The second-order valence-corrected chi connectivity index (χ2v) is 5.56. The highest BCUT2D eigenvalue weighted by atomic mass is 35.5. The van der Waals surface area contributed by atoms with E-state index in [0.29, 0.717) is 28.8 Å². The molecular weight excluding hydrogens is 330 g/mol. The molecule has 6 heteroatoms. The Kier molecular flexibility index (Phi) is 6.32. The molecule has 2 aromatic carbocycles. The zero-order valence-electron chi connectivity index (χ0n) is 13.8. The van der Waals surface area contributed by atoms with E-state index in [1.165, 1.54) is 0 Å². The van der Waals surface area contributed by atoms with Gasteiger partial charge in [0.25, 0.3) is 5.91 Å². The van der Waals surface area contributed by atoms with Gasteiger partial charge in [0.1, 0.15) is 5.75 Å². The second kappa shape index (κ2) is 8.45. The molecule has 2 rings (SSSR count). The monoisotopic (exact) mass is 349 g/mol. The molecule has 1 N–H and O–H groups in total. The van der Waals surface area contributed by atoms with Crippen LogP contribution in [0.1, 0.15) is 12.5 Å². The van der Waals surface area contributed by atoms with Gasteiger partial charge in [-0.3, -0.25) is 4.79 Å². The number of methoxy groups -OCH3 is 2. The molecule has 0 saturated carbocycles. The van der Waals surface area contributed by atoms with E-state index in [1.807, 2.05) is 12.1 Å². The van der Waals surface area contributed by atoms with Crippen LogP contribution in [0.5, 0.6) is 17.2 Å². The van der Waals surface area contributed by atoms with Crippen LogP contribution < -0.4 is 19.5 Å². The van der Waals surface area contributed by atoms with Crippen LogP contribution in [-0.2, 0) is 11.3 Å². The van der Waals surface area contributed by atoms with Gasteiger partial charge in [0.15, 0.2) is 17.6 Å². The Balaban J connectivity index is 1.91. The van der Waals surface area contributed by atoms with Crippen LogP contribution in [0.4, 0.5) is 0 Å². The van der Waals surface area contributed by atoms with Crippen molar-refractivity contribution in [1.29, 1.82) is 0 Å². The number of carbonyl (C=O) groups is 1. The molecule has 128 valence electrons. The number of carbonyl (C=O) groups excluding carboxylic acids is 1. The summed E-state index contributed by atoms with van der Waals surface area (Å²) < 4.78 is 16.0. The number of hydrogen-bond donors (Lipinski definition) is 1. The van der Waals surface area contributed by atoms with Crippen molar-refractivity contribution in [2.45, 2.75) is 19.6 Å². The van der Waals surface area contributed by atoms with Gasteiger partial charge in [-0.1, -0.05) is 17.7 Å². The largest absolute Gasteiger partial charge is 0.493 e. The van der Waals surface area contributed by atoms with E-state index >= 15 is 0 Å². The molecule has 2 aromatic rings. The lowest BCUT2D eigenvalue weighted by atomic mass is 10.2. The summed E-state index contributed by atoms with van der Waals surface area (Å²) in [7, 11) is 3.15. The average Bonchev–Trinajstić information content (AvgIpc) is 2.61. The quantitative estimate of drug-likeness (QED) is 0.832. The fraction of sp³-hybridized carbons (Fsp3) is 0.278. The van der Waals surface area contributed by atoms with Crippen molar-refractivity contribution in [1.82, 2.24) is 5.32 Å². The third-order valence-electron chi connectivity index (χ3n) is 3.41. The molecule has 0 saturated heterocycles. The molecule has 0 radical (unpaired) electrons. The first-order valence-electron chi connectivity index (χ1n) is 7.44. The molecule has 0 fully saturated rings. The summed E-state index contributed by atoms with van der Waals surface area (Å²) in [5.41, 5.74) is 0.902. The Bertz CT molecular complexity index is 688. The average molecular weight is 350 g/mol. The van der Waals surface area contributed by atoms with Gasteiger partial charge < -0.3 is 19.5 Å². The summed E-state index contributed by atoms with van der Waals surface area (Å²) >= 11 is 5.82. The number of amides is 1. The highest BCUT2D eigenvalue weighted by Crippen LogP contribution is 2.27. The van der Waals surface area contributed by atoms with Gasteiger partial charge in [0.05, 0.1) is 14.2 Å². The van der Waals surface area contributed by atoms with Crippen molar-refractivity contribution < 1.29 is 19.0 Å². The molecule has 1 amide bonds. The first-order chi connectivity index (χ1) is 11.5. The summed E-state index contributed by atoms with van der Waals surface area (Å²) in [6, 6.07) is 12.4. The van der Waals surface area contributed by atoms with Gasteiger partial charge in [-0.15, -0.1) is 0 Å². The fourth-order valence-electron chi connectivity index (χ4n) is 2.09. The van der Waals surface area contributed by atoms with Crippen LogP contribution >= 0.6 is 11.6 Å². The maximum absolute atomic E-state index is 12.1. The summed E-state index contributed by atoms with van der Waals surface area (Å²) in [6.07, 6.45) is -0.619. The molecule has 0 heterocycles. The molecule has 0 spiro atoms. The van der Waals surface area contributed by atoms with Gasteiger partial charge in [-0.05, 0) is 48.9 Å². The van der Waals surface area contributed by atoms with Crippen LogP contribution in [0.3, 0.4) is 0 Å². The van der Waals surface area contributed by atoms with Gasteiger partial charge in [-0.2, -0.15) is 0 Å². The Morgan fingerprint density at radius 3 is 2.38 bits per heavy atom. The Morgan fingerprint density at radius 2 is 1.75 bits per heavy atom. The van der Waals surface area contributed by atoms with Crippen LogP contribution in [0.15, 0.2) is 42.5 Å². The second-order valence-electron chi connectivity index (χ2n) is 5.12. The first kappa shape index (κ1) is 17.9. The Labute approximate surface area is 146 Å². The number of hydrogen-bond acceptors (Lipinski definition) is 4. The van der Waals surface area contributed by atoms with E-state index in [0.717, 1.165) is 5.56 Å². The van der Waals surface area contributed by atoms with Gasteiger partial charge in [0.2, 0.25) is 0 Å². The van der Waals surface area contributed by atoms with E-state index in [2.05, 4.69) is 5.32 Å². The minimum atomic E-state index is -0.619. The minimum absolute atomic E-state index is 0.209. The summed E-state index contributed by atoms with van der Waals surface area (Å²) in [6.45, 7) is 2.06. The zero-order chi connectivity index (χ0) is 17.5. The van der Waals surface area contributed by atoms with Crippen molar-refractivity contribution in [3.05, 3.63) is 53.1 Å². The maximum atomic E-state index is 12.1. The van der Waals surface area contributed by atoms with Crippen molar-refractivity contribution in [3.8, 4) is 17.2 Å². The van der Waals surface area contributed by atoms with Crippen LogP contribution in [0.25, 0.3) is 0 Å². The van der Waals surface area contributed by atoms with E-state index in [9.17, 15) is 4.79 Å². The van der Waals surface area contributed by atoms with E-state index in [4.69, 9.17) is 25.8 Å². The first-order valence-corrected chi connectivity index (χ1v) is 7.82. The predicted octanol–water partition coefficient (Wildman–Crippen LogP) is 3.44. The molecule has 0 bridgehead atoms. The van der Waals surface area contributed by atoms with Crippen LogP contribution in [0.2, 0.25) is 5.02 Å². The standard InChI is InChI=1S/C18H20ClNO4/c1-12(24-15-7-5-14(19)6-8-15)18(21)20-11-13-4-9-16(22-2)17(10-13)23-3/h4-10,12H,11H2,1-3H3,(H,20,21)/t12-/m0/s1. The van der Waals surface area contributed by atoms with Gasteiger partial charge in [0, 0.05) is 11.6 Å². The fourth-order valence-corrected chi connectivity index (χ4v) is 2.22. The smallest absolute Gasteiger partial charge is 0.261 e. The molecule has 5 nitrogen and oxygen atoms in total.